The predicted octanol–water partition coefficient (Wildman–Crippen LogP) is 2.75. The van der Waals surface area contributed by atoms with Gasteiger partial charge in [0, 0.05) is 18.2 Å². The quantitative estimate of drug-likeness (QED) is 0.874. The summed E-state index contributed by atoms with van der Waals surface area (Å²) in [5.41, 5.74) is 8.10. The third kappa shape index (κ3) is 3.44. The van der Waals surface area contributed by atoms with Crippen molar-refractivity contribution in [2.75, 3.05) is 11.1 Å². The molecule has 20 heavy (non-hydrogen) atoms. The van der Waals surface area contributed by atoms with Crippen molar-refractivity contribution in [3.8, 4) is 0 Å². The highest BCUT2D eigenvalue weighted by molar-refractivity contribution is 5.45. The SMILES string of the molecule is CCc1cccnc1CNc1cc(N)nc(C(C)C)n1. The van der Waals surface area contributed by atoms with Crippen LogP contribution in [0.15, 0.2) is 24.4 Å². The van der Waals surface area contributed by atoms with Crippen LogP contribution in [-0.2, 0) is 13.0 Å². The van der Waals surface area contributed by atoms with E-state index >= 15 is 0 Å². The molecule has 0 bridgehead atoms. The molecule has 0 amide bonds. The molecule has 0 aliphatic heterocycles. The molecule has 0 aliphatic carbocycles. The monoisotopic (exact) mass is 271 g/mol. The van der Waals surface area contributed by atoms with Gasteiger partial charge in [0.1, 0.15) is 17.5 Å². The van der Waals surface area contributed by atoms with Gasteiger partial charge in [0.25, 0.3) is 0 Å². The number of nitrogen functional groups attached to an aromatic ring is 1. The Morgan fingerprint density at radius 3 is 2.80 bits per heavy atom. The van der Waals surface area contributed by atoms with Gasteiger partial charge in [-0.15, -0.1) is 0 Å². The van der Waals surface area contributed by atoms with E-state index in [4.69, 9.17) is 5.73 Å². The summed E-state index contributed by atoms with van der Waals surface area (Å²) in [6.45, 7) is 6.86. The van der Waals surface area contributed by atoms with Gasteiger partial charge >= 0.3 is 0 Å². The molecule has 106 valence electrons. The third-order valence-corrected chi connectivity index (χ3v) is 3.08. The third-order valence-electron chi connectivity index (χ3n) is 3.08. The van der Waals surface area contributed by atoms with Gasteiger partial charge in [0.05, 0.1) is 12.2 Å². The summed E-state index contributed by atoms with van der Waals surface area (Å²) in [5, 5.41) is 3.28. The maximum absolute atomic E-state index is 5.82. The molecule has 2 heterocycles. The Morgan fingerprint density at radius 1 is 1.30 bits per heavy atom. The van der Waals surface area contributed by atoms with Crippen molar-refractivity contribution >= 4 is 11.6 Å². The van der Waals surface area contributed by atoms with Gasteiger partial charge in [-0.3, -0.25) is 4.98 Å². The Labute approximate surface area is 119 Å². The molecule has 0 fully saturated rings. The lowest BCUT2D eigenvalue weighted by molar-refractivity contribution is 0.776. The predicted molar refractivity (Wildman–Crippen MR) is 81.5 cm³/mol. The Balaban J connectivity index is 2.14. The lowest BCUT2D eigenvalue weighted by Gasteiger charge is -2.11. The number of rotatable bonds is 5. The first-order valence-corrected chi connectivity index (χ1v) is 6.91. The first-order valence-electron chi connectivity index (χ1n) is 6.91. The van der Waals surface area contributed by atoms with E-state index in [2.05, 4.69) is 33.3 Å². The van der Waals surface area contributed by atoms with Gasteiger partial charge in [0.2, 0.25) is 0 Å². The van der Waals surface area contributed by atoms with E-state index in [0.717, 1.165) is 23.8 Å². The molecule has 2 aromatic rings. The minimum Gasteiger partial charge on any atom is -0.384 e. The molecule has 0 aromatic carbocycles. The van der Waals surface area contributed by atoms with E-state index in [-0.39, 0.29) is 5.92 Å². The van der Waals surface area contributed by atoms with Crippen molar-refractivity contribution in [3.63, 3.8) is 0 Å². The first kappa shape index (κ1) is 14.2. The standard InChI is InChI=1S/C15H21N5/c1-4-11-6-5-7-17-12(11)9-18-14-8-13(16)19-15(20-14)10(2)3/h5-8,10H,4,9H2,1-3H3,(H3,16,18,19,20). The van der Waals surface area contributed by atoms with Crippen LogP contribution in [0.25, 0.3) is 0 Å². The van der Waals surface area contributed by atoms with Crippen molar-refractivity contribution < 1.29 is 0 Å². The average molecular weight is 271 g/mol. The van der Waals surface area contributed by atoms with Crippen LogP contribution in [0.4, 0.5) is 11.6 Å². The molecule has 0 spiro atoms. The first-order chi connectivity index (χ1) is 9.60. The summed E-state index contributed by atoms with van der Waals surface area (Å²) in [6.07, 6.45) is 2.78. The summed E-state index contributed by atoms with van der Waals surface area (Å²) in [6, 6.07) is 5.81. The Morgan fingerprint density at radius 2 is 2.10 bits per heavy atom. The van der Waals surface area contributed by atoms with Crippen LogP contribution in [-0.4, -0.2) is 15.0 Å². The fourth-order valence-corrected chi connectivity index (χ4v) is 1.96. The second-order valence-electron chi connectivity index (χ2n) is 5.01. The number of aromatic nitrogens is 3. The van der Waals surface area contributed by atoms with Gasteiger partial charge in [-0.1, -0.05) is 26.8 Å². The molecule has 3 N–H and O–H groups in total. The van der Waals surface area contributed by atoms with Gasteiger partial charge in [-0.25, -0.2) is 9.97 Å². The minimum atomic E-state index is 0.250. The summed E-state index contributed by atoms with van der Waals surface area (Å²) in [7, 11) is 0. The van der Waals surface area contributed by atoms with E-state index < -0.39 is 0 Å². The van der Waals surface area contributed by atoms with Gasteiger partial charge in [-0.05, 0) is 18.1 Å². The van der Waals surface area contributed by atoms with Crippen molar-refractivity contribution in [1.29, 1.82) is 0 Å². The lowest BCUT2D eigenvalue weighted by Crippen LogP contribution is -2.09. The molecule has 0 radical (unpaired) electrons. The van der Waals surface area contributed by atoms with E-state index in [0.29, 0.717) is 12.4 Å². The zero-order valence-corrected chi connectivity index (χ0v) is 12.2. The van der Waals surface area contributed by atoms with Crippen LogP contribution in [0.5, 0.6) is 0 Å². The Kier molecular flexibility index (Phi) is 4.50. The molecular weight excluding hydrogens is 250 g/mol. The number of hydrogen-bond donors (Lipinski definition) is 2. The topological polar surface area (TPSA) is 76.7 Å². The average Bonchev–Trinajstić information content (AvgIpc) is 2.44. The van der Waals surface area contributed by atoms with E-state index in [1.54, 1.807) is 6.07 Å². The summed E-state index contributed by atoms with van der Waals surface area (Å²) in [5.74, 6) is 2.24. The van der Waals surface area contributed by atoms with E-state index in [9.17, 15) is 0 Å². The van der Waals surface area contributed by atoms with Crippen LogP contribution >= 0.6 is 0 Å². The molecule has 0 atom stereocenters. The van der Waals surface area contributed by atoms with Crippen LogP contribution < -0.4 is 11.1 Å². The van der Waals surface area contributed by atoms with Gasteiger partial charge in [0.15, 0.2) is 0 Å². The Bertz CT molecular complexity index is 580. The number of hydrogen-bond acceptors (Lipinski definition) is 5. The molecular formula is C15H21N5. The van der Waals surface area contributed by atoms with Crippen molar-refractivity contribution in [2.45, 2.75) is 39.7 Å². The zero-order valence-electron chi connectivity index (χ0n) is 12.2. The molecule has 0 unspecified atom stereocenters. The van der Waals surface area contributed by atoms with Crippen LogP contribution in [0.2, 0.25) is 0 Å². The Hall–Kier alpha value is -2.17. The highest BCUT2D eigenvalue weighted by atomic mass is 15.1. The van der Waals surface area contributed by atoms with E-state index in [1.165, 1.54) is 5.56 Å². The maximum Gasteiger partial charge on any atom is 0.135 e. The highest BCUT2D eigenvalue weighted by Crippen LogP contribution is 2.16. The molecule has 0 saturated carbocycles. The molecule has 5 heteroatoms. The fraction of sp³-hybridized carbons (Fsp3) is 0.400. The number of pyridine rings is 1. The highest BCUT2D eigenvalue weighted by Gasteiger charge is 2.07. The van der Waals surface area contributed by atoms with Crippen molar-refractivity contribution in [1.82, 2.24) is 15.0 Å². The van der Waals surface area contributed by atoms with Crippen LogP contribution in [0.3, 0.4) is 0 Å². The molecule has 2 aromatic heterocycles. The number of nitrogens with one attached hydrogen (secondary N) is 1. The summed E-state index contributed by atoms with van der Waals surface area (Å²) >= 11 is 0. The molecule has 0 saturated heterocycles. The van der Waals surface area contributed by atoms with Crippen LogP contribution in [0, 0.1) is 0 Å². The number of nitrogens with zero attached hydrogens (tertiary/aromatic N) is 3. The van der Waals surface area contributed by atoms with Gasteiger partial charge < -0.3 is 11.1 Å². The maximum atomic E-state index is 5.82. The second kappa shape index (κ2) is 6.32. The van der Waals surface area contributed by atoms with Gasteiger partial charge in [-0.2, -0.15) is 0 Å². The van der Waals surface area contributed by atoms with E-state index in [1.807, 2.05) is 26.1 Å². The number of anilines is 2. The minimum absolute atomic E-state index is 0.250. The van der Waals surface area contributed by atoms with Crippen molar-refractivity contribution in [3.05, 3.63) is 41.5 Å². The molecule has 2 rings (SSSR count). The zero-order chi connectivity index (χ0) is 14.5. The van der Waals surface area contributed by atoms with Crippen LogP contribution in [0.1, 0.15) is 43.8 Å². The largest absolute Gasteiger partial charge is 0.384 e. The van der Waals surface area contributed by atoms with Crippen molar-refractivity contribution in [2.24, 2.45) is 0 Å². The fourth-order valence-electron chi connectivity index (χ4n) is 1.96. The lowest BCUT2D eigenvalue weighted by atomic mass is 10.1. The normalized spacial score (nSPS) is 10.8. The smallest absolute Gasteiger partial charge is 0.135 e. The summed E-state index contributed by atoms with van der Waals surface area (Å²) < 4.78 is 0. The number of nitrogens with two attached hydrogens (primary N) is 1. The molecule has 5 nitrogen and oxygen atoms in total. The second-order valence-corrected chi connectivity index (χ2v) is 5.01. The summed E-state index contributed by atoms with van der Waals surface area (Å²) in [4.78, 5) is 13.1. The molecule has 0 aliphatic rings. The number of aryl methyl sites for hydroxylation is 1.